The van der Waals surface area contributed by atoms with E-state index in [1.807, 2.05) is 0 Å². The van der Waals surface area contributed by atoms with Gasteiger partial charge in [0, 0.05) is 11.8 Å². The van der Waals surface area contributed by atoms with Gasteiger partial charge in [0.05, 0.1) is 0 Å². The second kappa shape index (κ2) is 7.64. The fraction of sp³-hybridized carbons (Fsp3) is 0.316. The number of benzene rings is 1. The van der Waals surface area contributed by atoms with Crippen LogP contribution in [-0.4, -0.2) is 5.91 Å². The molecule has 4 heteroatoms. The van der Waals surface area contributed by atoms with Crippen LogP contribution in [-0.2, 0) is 4.79 Å². The average Bonchev–Trinajstić information content (AvgIpc) is 2.90. The van der Waals surface area contributed by atoms with E-state index in [2.05, 4.69) is 67.1 Å². The Labute approximate surface area is 145 Å². The molecule has 0 radical (unpaired) electrons. The summed E-state index contributed by atoms with van der Waals surface area (Å²) in [5.74, 6) is 1.16. The van der Waals surface area contributed by atoms with Crippen molar-refractivity contribution in [3.05, 3.63) is 58.0 Å². The lowest BCUT2D eigenvalue weighted by Gasteiger charge is -2.19. The van der Waals surface area contributed by atoms with Gasteiger partial charge in [-0.25, -0.2) is 0 Å². The quantitative estimate of drug-likeness (QED) is 0.656. The van der Waals surface area contributed by atoms with Gasteiger partial charge in [-0.2, -0.15) is 0 Å². The highest BCUT2D eigenvalue weighted by Crippen LogP contribution is 2.32. The van der Waals surface area contributed by atoms with Crippen molar-refractivity contribution in [3.63, 3.8) is 0 Å². The maximum absolute atomic E-state index is 12.3. The largest absolute Gasteiger partial charge is 0.450 e. The fourth-order valence-corrected chi connectivity index (χ4v) is 2.75. The predicted molar refractivity (Wildman–Crippen MR) is 98.7 cm³/mol. The third kappa shape index (κ3) is 4.58. The summed E-state index contributed by atoms with van der Waals surface area (Å²) in [5.41, 5.74) is 3.23. The van der Waals surface area contributed by atoms with Gasteiger partial charge in [-0.3, -0.25) is 4.79 Å². The van der Waals surface area contributed by atoms with Gasteiger partial charge in [-0.05, 0) is 57.1 Å². The van der Waals surface area contributed by atoms with Crippen molar-refractivity contribution >= 4 is 33.6 Å². The number of furan rings is 1. The highest BCUT2D eigenvalue weighted by Gasteiger charge is 2.14. The number of hydrogen-bond acceptors (Lipinski definition) is 2. The zero-order chi connectivity index (χ0) is 17.0. The smallest absolute Gasteiger partial charge is 0.248 e. The Morgan fingerprint density at radius 3 is 2.17 bits per heavy atom. The summed E-state index contributed by atoms with van der Waals surface area (Å²) in [7, 11) is 0. The molecule has 0 unspecified atom stereocenters. The van der Waals surface area contributed by atoms with Crippen molar-refractivity contribution in [1.82, 2.24) is 0 Å². The number of anilines is 1. The third-order valence-corrected chi connectivity index (χ3v) is 4.04. The van der Waals surface area contributed by atoms with Gasteiger partial charge in [0.1, 0.15) is 5.76 Å². The van der Waals surface area contributed by atoms with Gasteiger partial charge < -0.3 is 9.73 Å². The molecule has 0 fully saturated rings. The second-order valence-corrected chi connectivity index (χ2v) is 6.87. The van der Waals surface area contributed by atoms with Gasteiger partial charge in [0.2, 0.25) is 5.91 Å². The van der Waals surface area contributed by atoms with E-state index in [-0.39, 0.29) is 5.91 Å². The summed E-state index contributed by atoms with van der Waals surface area (Å²) in [5, 5.41) is 3.04. The topological polar surface area (TPSA) is 42.2 Å². The van der Waals surface area contributed by atoms with Gasteiger partial charge >= 0.3 is 0 Å². The molecule has 0 aliphatic rings. The molecule has 0 spiro atoms. The zero-order valence-electron chi connectivity index (χ0n) is 13.9. The van der Waals surface area contributed by atoms with Gasteiger partial charge in [0.25, 0.3) is 0 Å². The third-order valence-electron chi connectivity index (χ3n) is 3.61. The first kappa shape index (κ1) is 17.5. The maximum atomic E-state index is 12.3. The molecule has 122 valence electrons. The van der Waals surface area contributed by atoms with Gasteiger partial charge in [-0.1, -0.05) is 45.9 Å². The molecule has 1 amide bonds. The molecule has 2 rings (SSSR count). The predicted octanol–water partition coefficient (Wildman–Crippen LogP) is 5.94. The van der Waals surface area contributed by atoms with Crippen LogP contribution in [0.3, 0.4) is 0 Å². The standard InChI is InChI=1S/C19H22BrNO2/c1-12(2)15-6-5-7-16(13(3)4)19(15)21-18(22)11-9-14-8-10-17(20)23-14/h5-13H,1-4H3,(H,21,22). The molecule has 0 aliphatic heterocycles. The molecule has 23 heavy (non-hydrogen) atoms. The molecule has 1 N–H and O–H groups in total. The highest BCUT2D eigenvalue weighted by atomic mass is 79.9. The van der Waals surface area contributed by atoms with Gasteiger partial charge in [-0.15, -0.1) is 0 Å². The van der Waals surface area contributed by atoms with Crippen molar-refractivity contribution in [2.45, 2.75) is 39.5 Å². The minimum Gasteiger partial charge on any atom is -0.450 e. The molecule has 2 aromatic rings. The molecule has 3 nitrogen and oxygen atoms in total. The van der Waals surface area contributed by atoms with Crippen LogP contribution < -0.4 is 5.32 Å². The number of carbonyl (C=O) groups is 1. The Morgan fingerprint density at radius 2 is 1.70 bits per heavy atom. The highest BCUT2D eigenvalue weighted by molar-refractivity contribution is 9.10. The Bertz CT molecular complexity index is 688. The molecule has 0 atom stereocenters. The minimum absolute atomic E-state index is 0.160. The number of halogens is 1. The fourth-order valence-electron chi connectivity index (χ4n) is 2.44. The Kier molecular flexibility index (Phi) is 5.83. The molecule has 1 aromatic heterocycles. The van der Waals surface area contributed by atoms with E-state index in [9.17, 15) is 4.79 Å². The molecule has 0 saturated carbocycles. The Morgan fingerprint density at radius 1 is 1.09 bits per heavy atom. The molecule has 0 aliphatic carbocycles. The summed E-state index contributed by atoms with van der Waals surface area (Å²) >= 11 is 3.24. The first-order valence-corrected chi connectivity index (χ1v) is 8.55. The van der Waals surface area contributed by atoms with Crippen LogP contribution in [0.15, 0.2) is 45.5 Å². The van der Waals surface area contributed by atoms with Crippen molar-refractivity contribution in [2.75, 3.05) is 5.32 Å². The second-order valence-electron chi connectivity index (χ2n) is 6.09. The molecular weight excluding hydrogens is 354 g/mol. The summed E-state index contributed by atoms with van der Waals surface area (Å²) in [4.78, 5) is 12.3. The number of hydrogen-bond donors (Lipinski definition) is 1. The van der Waals surface area contributed by atoms with E-state index in [0.29, 0.717) is 22.3 Å². The van der Waals surface area contributed by atoms with Crippen molar-refractivity contribution < 1.29 is 9.21 Å². The van der Waals surface area contributed by atoms with E-state index >= 15 is 0 Å². The summed E-state index contributed by atoms with van der Waals surface area (Å²) in [6.07, 6.45) is 3.15. The van der Waals surface area contributed by atoms with Crippen LogP contribution in [0.2, 0.25) is 0 Å². The van der Waals surface area contributed by atoms with Gasteiger partial charge in [0.15, 0.2) is 4.67 Å². The van der Waals surface area contributed by atoms with Crippen molar-refractivity contribution in [1.29, 1.82) is 0 Å². The molecule has 0 saturated heterocycles. The maximum Gasteiger partial charge on any atom is 0.248 e. The van der Waals surface area contributed by atoms with Crippen LogP contribution in [0.1, 0.15) is 56.4 Å². The number of rotatable bonds is 5. The Hall–Kier alpha value is -1.81. The minimum atomic E-state index is -0.160. The van der Waals surface area contributed by atoms with E-state index in [4.69, 9.17) is 4.42 Å². The summed E-state index contributed by atoms with van der Waals surface area (Å²) in [6, 6.07) is 9.79. The molecule has 1 aromatic carbocycles. The summed E-state index contributed by atoms with van der Waals surface area (Å²) in [6.45, 7) is 8.52. The first-order chi connectivity index (χ1) is 10.9. The van der Waals surface area contributed by atoms with E-state index in [0.717, 1.165) is 16.8 Å². The van der Waals surface area contributed by atoms with Crippen LogP contribution in [0.5, 0.6) is 0 Å². The van der Waals surface area contributed by atoms with Crippen molar-refractivity contribution in [3.8, 4) is 0 Å². The molecular formula is C19H22BrNO2. The lowest BCUT2D eigenvalue weighted by molar-refractivity contribution is -0.111. The number of amides is 1. The molecule has 1 heterocycles. The number of para-hydroxylation sites is 1. The van der Waals surface area contributed by atoms with Crippen LogP contribution in [0.4, 0.5) is 5.69 Å². The zero-order valence-corrected chi connectivity index (χ0v) is 15.5. The van der Waals surface area contributed by atoms with Crippen LogP contribution in [0.25, 0.3) is 6.08 Å². The lowest BCUT2D eigenvalue weighted by Crippen LogP contribution is -2.13. The average molecular weight is 376 g/mol. The number of carbonyl (C=O) groups excluding carboxylic acids is 1. The van der Waals surface area contributed by atoms with E-state index in [1.54, 1.807) is 18.2 Å². The lowest BCUT2D eigenvalue weighted by atomic mass is 9.92. The monoisotopic (exact) mass is 375 g/mol. The normalized spacial score (nSPS) is 11.6. The van der Waals surface area contributed by atoms with E-state index in [1.165, 1.54) is 6.08 Å². The van der Waals surface area contributed by atoms with Crippen LogP contribution >= 0.6 is 15.9 Å². The van der Waals surface area contributed by atoms with Crippen LogP contribution in [0, 0.1) is 0 Å². The number of nitrogens with one attached hydrogen (secondary N) is 1. The first-order valence-electron chi connectivity index (χ1n) is 7.75. The SMILES string of the molecule is CC(C)c1cccc(C(C)C)c1NC(=O)C=Cc1ccc(Br)o1. The van der Waals surface area contributed by atoms with E-state index < -0.39 is 0 Å². The van der Waals surface area contributed by atoms with Crippen molar-refractivity contribution in [2.24, 2.45) is 0 Å². The summed E-state index contributed by atoms with van der Waals surface area (Å²) < 4.78 is 6.00. The molecule has 0 bridgehead atoms. The Balaban J connectivity index is 2.24.